The Balaban J connectivity index is 2.71. The summed E-state index contributed by atoms with van der Waals surface area (Å²) in [5.74, 6) is 1.37. The molecule has 0 aliphatic carbocycles. The molecule has 1 heterocycles. The average Bonchev–Trinajstić information content (AvgIpc) is 2.82. The number of nitrogens with two attached hydrogens (primary N) is 1. The van der Waals surface area contributed by atoms with Crippen LogP contribution >= 0.6 is 0 Å². The zero-order chi connectivity index (χ0) is 12.7. The van der Waals surface area contributed by atoms with Gasteiger partial charge in [0.05, 0.1) is 12.0 Å². The fraction of sp³-hybridized carbons (Fsp3) is 0.833. The van der Waals surface area contributed by atoms with Crippen molar-refractivity contribution in [3.05, 3.63) is 11.7 Å². The maximum atomic E-state index is 5.84. The summed E-state index contributed by atoms with van der Waals surface area (Å²) in [7, 11) is 0. The summed E-state index contributed by atoms with van der Waals surface area (Å²) < 4.78 is 10.6. The Kier molecular flexibility index (Phi) is 5.58. The van der Waals surface area contributed by atoms with Crippen LogP contribution in [0.2, 0.25) is 0 Å². The van der Waals surface area contributed by atoms with Crippen molar-refractivity contribution >= 4 is 0 Å². The molecule has 2 N–H and O–H groups in total. The molecule has 0 aliphatic heterocycles. The maximum Gasteiger partial charge on any atom is 0.234 e. The highest BCUT2D eigenvalue weighted by Crippen LogP contribution is 2.28. The molecule has 0 radical (unpaired) electrons. The lowest BCUT2D eigenvalue weighted by atomic mass is 9.82. The van der Waals surface area contributed by atoms with Crippen LogP contribution < -0.4 is 5.73 Å². The highest BCUT2D eigenvalue weighted by atomic mass is 16.5. The fourth-order valence-electron chi connectivity index (χ4n) is 1.81. The van der Waals surface area contributed by atoms with E-state index in [0.29, 0.717) is 37.9 Å². The Labute approximate surface area is 103 Å². The lowest BCUT2D eigenvalue weighted by molar-refractivity contribution is 0.149. The van der Waals surface area contributed by atoms with Crippen molar-refractivity contribution in [2.24, 2.45) is 5.73 Å². The highest BCUT2D eigenvalue weighted by Gasteiger charge is 2.33. The summed E-state index contributed by atoms with van der Waals surface area (Å²) in [5, 5.41) is 3.98. The minimum atomic E-state index is -0.170. The highest BCUT2D eigenvalue weighted by molar-refractivity contribution is 5.05. The van der Waals surface area contributed by atoms with Crippen molar-refractivity contribution in [1.29, 1.82) is 0 Å². The molecule has 1 aromatic heterocycles. The van der Waals surface area contributed by atoms with E-state index >= 15 is 0 Å². The van der Waals surface area contributed by atoms with Crippen LogP contribution in [0.1, 0.15) is 45.3 Å². The molecule has 5 heteroatoms. The van der Waals surface area contributed by atoms with Gasteiger partial charge in [0.25, 0.3) is 0 Å². The molecule has 0 spiro atoms. The van der Waals surface area contributed by atoms with E-state index in [0.717, 1.165) is 12.8 Å². The summed E-state index contributed by atoms with van der Waals surface area (Å²) >= 11 is 0. The first-order chi connectivity index (χ1) is 8.22. The molecule has 1 aromatic rings. The lowest BCUT2D eigenvalue weighted by Crippen LogP contribution is -2.34. The van der Waals surface area contributed by atoms with Gasteiger partial charge in [0.1, 0.15) is 0 Å². The van der Waals surface area contributed by atoms with E-state index in [-0.39, 0.29) is 5.41 Å². The van der Waals surface area contributed by atoms with E-state index in [1.165, 1.54) is 0 Å². The number of hydrogen-bond acceptors (Lipinski definition) is 5. The summed E-state index contributed by atoms with van der Waals surface area (Å²) in [6.45, 7) is 8.04. The first-order valence-corrected chi connectivity index (χ1v) is 6.33. The Morgan fingerprint density at radius 1 is 1.29 bits per heavy atom. The van der Waals surface area contributed by atoms with E-state index in [9.17, 15) is 0 Å². The molecule has 17 heavy (non-hydrogen) atoms. The summed E-state index contributed by atoms with van der Waals surface area (Å²) in [6.07, 6.45) is 2.51. The Hall–Kier alpha value is -0.940. The second-order valence-corrected chi connectivity index (χ2v) is 4.15. The number of rotatable bonds is 8. The predicted molar refractivity (Wildman–Crippen MR) is 65.8 cm³/mol. The number of ether oxygens (including phenoxy) is 1. The number of aromatic nitrogens is 2. The smallest absolute Gasteiger partial charge is 0.234 e. The number of hydrogen-bond donors (Lipinski definition) is 1. The van der Waals surface area contributed by atoms with Gasteiger partial charge in [-0.3, -0.25) is 0 Å². The van der Waals surface area contributed by atoms with Crippen molar-refractivity contribution in [3.8, 4) is 0 Å². The third-order valence-corrected chi connectivity index (χ3v) is 3.34. The van der Waals surface area contributed by atoms with Crippen LogP contribution in [0.15, 0.2) is 4.52 Å². The molecule has 1 rings (SSSR count). The van der Waals surface area contributed by atoms with Gasteiger partial charge in [-0.1, -0.05) is 19.0 Å². The van der Waals surface area contributed by atoms with Gasteiger partial charge in [0.15, 0.2) is 5.82 Å². The lowest BCUT2D eigenvalue weighted by Gasteiger charge is -2.24. The molecule has 0 amide bonds. The van der Waals surface area contributed by atoms with Crippen molar-refractivity contribution in [3.63, 3.8) is 0 Å². The summed E-state index contributed by atoms with van der Waals surface area (Å²) in [5.41, 5.74) is 5.67. The molecule has 0 saturated carbocycles. The first-order valence-electron chi connectivity index (χ1n) is 6.33. The van der Waals surface area contributed by atoms with E-state index in [1.807, 2.05) is 6.92 Å². The zero-order valence-corrected chi connectivity index (χ0v) is 11.0. The minimum absolute atomic E-state index is 0.170. The molecule has 0 atom stereocenters. The van der Waals surface area contributed by atoms with Crippen LogP contribution in [0.4, 0.5) is 0 Å². The predicted octanol–water partition coefficient (Wildman–Crippen LogP) is 1.67. The van der Waals surface area contributed by atoms with Gasteiger partial charge in [0, 0.05) is 19.6 Å². The van der Waals surface area contributed by atoms with Gasteiger partial charge in [-0.25, -0.2) is 0 Å². The standard InChI is InChI=1S/C12H23N3O2/c1-4-12(5-2,9-13)11-14-10(15-17-11)7-8-16-6-3/h4-9,13H2,1-3H3. The van der Waals surface area contributed by atoms with Crippen molar-refractivity contribution in [2.45, 2.75) is 45.4 Å². The number of nitrogens with zero attached hydrogens (tertiary/aromatic N) is 2. The molecule has 0 aromatic carbocycles. The van der Waals surface area contributed by atoms with E-state index in [2.05, 4.69) is 24.0 Å². The van der Waals surface area contributed by atoms with E-state index in [4.69, 9.17) is 15.0 Å². The second kappa shape index (κ2) is 6.71. The molecule has 0 aliphatic rings. The van der Waals surface area contributed by atoms with Crippen LogP contribution in [-0.4, -0.2) is 29.9 Å². The molecule has 0 saturated heterocycles. The molecule has 98 valence electrons. The molecular weight excluding hydrogens is 218 g/mol. The SMILES string of the molecule is CCOCCc1noc(C(CC)(CC)CN)n1. The summed E-state index contributed by atoms with van der Waals surface area (Å²) in [6, 6.07) is 0. The second-order valence-electron chi connectivity index (χ2n) is 4.15. The van der Waals surface area contributed by atoms with Crippen LogP contribution in [0.3, 0.4) is 0 Å². The molecular formula is C12H23N3O2. The minimum Gasteiger partial charge on any atom is -0.381 e. The van der Waals surface area contributed by atoms with Gasteiger partial charge in [-0.2, -0.15) is 4.98 Å². The topological polar surface area (TPSA) is 74.2 Å². The van der Waals surface area contributed by atoms with Gasteiger partial charge in [0.2, 0.25) is 5.89 Å². The molecule has 5 nitrogen and oxygen atoms in total. The summed E-state index contributed by atoms with van der Waals surface area (Å²) in [4.78, 5) is 4.43. The fourth-order valence-corrected chi connectivity index (χ4v) is 1.81. The maximum absolute atomic E-state index is 5.84. The zero-order valence-electron chi connectivity index (χ0n) is 11.0. The Morgan fingerprint density at radius 3 is 2.53 bits per heavy atom. The van der Waals surface area contributed by atoms with Crippen molar-refractivity contribution in [1.82, 2.24) is 10.1 Å². The van der Waals surface area contributed by atoms with Crippen molar-refractivity contribution < 1.29 is 9.26 Å². The van der Waals surface area contributed by atoms with Crippen LogP contribution in [-0.2, 0) is 16.6 Å². The molecule has 0 fully saturated rings. The van der Waals surface area contributed by atoms with E-state index < -0.39 is 0 Å². The average molecular weight is 241 g/mol. The molecule has 0 unspecified atom stereocenters. The quantitative estimate of drug-likeness (QED) is 0.701. The van der Waals surface area contributed by atoms with Crippen molar-refractivity contribution in [2.75, 3.05) is 19.8 Å². The monoisotopic (exact) mass is 241 g/mol. The van der Waals surface area contributed by atoms with Gasteiger partial charge < -0.3 is 15.0 Å². The first kappa shape index (κ1) is 14.1. The van der Waals surface area contributed by atoms with Gasteiger partial charge in [-0.05, 0) is 19.8 Å². The van der Waals surface area contributed by atoms with Crippen LogP contribution in [0.5, 0.6) is 0 Å². The largest absolute Gasteiger partial charge is 0.381 e. The van der Waals surface area contributed by atoms with E-state index in [1.54, 1.807) is 0 Å². The third kappa shape index (κ3) is 3.26. The van der Waals surface area contributed by atoms with Crippen LogP contribution in [0.25, 0.3) is 0 Å². The normalized spacial score (nSPS) is 12.0. The van der Waals surface area contributed by atoms with Gasteiger partial charge in [-0.15, -0.1) is 0 Å². The Bertz CT molecular complexity index is 313. The van der Waals surface area contributed by atoms with Crippen LogP contribution in [0, 0.1) is 0 Å². The Morgan fingerprint density at radius 2 is 2.00 bits per heavy atom. The third-order valence-electron chi connectivity index (χ3n) is 3.34. The molecule has 0 bridgehead atoms. The van der Waals surface area contributed by atoms with Gasteiger partial charge >= 0.3 is 0 Å².